The minimum Gasteiger partial charge on any atom is -0.508 e. The van der Waals surface area contributed by atoms with Crippen LogP contribution in [0, 0.1) is 0 Å². The molecule has 7 N–H and O–H groups in total. The van der Waals surface area contributed by atoms with Crippen LogP contribution >= 0.6 is 0 Å². The second-order valence-electron chi connectivity index (χ2n) is 7.26. The van der Waals surface area contributed by atoms with Crippen molar-refractivity contribution in [2.24, 2.45) is 5.73 Å². The second-order valence-corrected chi connectivity index (χ2v) is 7.26. The van der Waals surface area contributed by atoms with Gasteiger partial charge in [-0.3, -0.25) is 4.79 Å². The zero-order valence-corrected chi connectivity index (χ0v) is 17.8. The van der Waals surface area contributed by atoms with Gasteiger partial charge in [0.15, 0.2) is 0 Å². The smallest absolute Gasteiger partial charge is 0.300 e. The highest BCUT2D eigenvalue weighted by Gasteiger charge is 2.09. The van der Waals surface area contributed by atoms with Gasteiger partial charge in [-0.2, -0.15) is 0 Å². The minimum absolute atomic E-state index is 0.0609. The Morgan fingerprint density at radius 3 is 2.07 bits per heavy atom. The molecule has 0 aliphatic rings. The summed E-state index contributed by atoms with van der Waals surface area (Å²) < 4.78 is 0. The van der Waals surface area contributed by atoms with Gasteiger partial charge < -0.3 is 31.5 Å². The molecule has 0 saturated carbocycles. The van der Waals surface area contributed by atoms with Crippen LogP contribution in [0.1, 0.15) is 81.9 Å². The third kappa shape index (κ3) is 15.9. The molecule has 0 radical (unpaired) electrons. The lowest BCUT2D eigenvalue weighted by Gasteiger charge is -2.14. The lowest BCUT2D eigenvalue weighted by Crippen LogP contribution is -2.22. The van der Waals surface area contributed by atoms with Crippen LogP contribution in [0.2, 0.25) is 0 Å². The first-order valence-electron chi connectivity index (χ1n) is 10.6. The SMILES string of the molecule is CC(=O)O.NCCCCCCCCCCCNCC(O)c1ccc(O)c(CO)c1. The Hall–Kier alpha value is -1.67. The summed E-state index contributed by atoms with van der Waals surface area (Å²) in [6.07, 6.45) is 10.7. The molecule has 7 nitrogen and oxygen atoms in total. The van der Waals surface area contributed by atoms with Gasteiger partial charge in [0.05, 0.1) is 12.7 Å². The molecule has 1 atom stereocenters. The van der Waals surface area contributed by atoms with E-state index in [1.807, 2.05) is 0 Å². The van der Waals surface area contributed by atoms with E-state index in [0.29, 0.717) is 17.7 Å². The number of benzene rings is 1. The third-order valence-corrected chi connectivity index (χ3v) is 4.55. The predicted octanol–water partition coefficient (Wildman–Crippen LogP) is 3.07. The Kier molecular flexibility index (Phi) is 17.3. The molecule has 1 aromatic carbocycles. The molecular formula is C22H40N2O5. The highest BCUT2D eigenvalue weighted by atomic mass is 16.4. The van der Waals surface area contributed by atoms with Crippen LogP contribution in [0.5, 0.6) is 5.75 Å². The maximum absolute atomic E-state index is 10.2. The molecule has 168 valence electrons. The summed E-state index contributed by atoms with van der Waals surface area (Å²) in [6, 6.07) is 4.85. The average Bonchev–Trinajstić information content (AvgIpc) is 2.68. The van der Waals surface area contributed by atoms with Crippen molar-refractivity contribution in [2.75, 3.05) is 19.6 Å². The number of aliphatic carboxylic acids is 1. The van der Waals surface area contributed by atoms with E-state index in [9.17, 15) is 10.2 Å². The van der Waals surface area contributed by atoms with Crippen molar-refractivity contribution in [1.82, 2.24) is 5.32 Å². The van der Waals surface area contributed by atoms with Gasteiger partial charge in [0.1, 0.15) is 5.75 Å². The van der Waals surface area contributed by atoms with Crippen molar-refractivity contribution in [3.63, 3.8) is 0 Å². The largest absolute Gasteiger partial charge is 0.508 e. The average molecular weight is 413 g/mol. The topological polar surface area (TPSA) is 136 Å². The van der Waals surface area contributed by atoms with Gasteiger partial charge >= 0.3 is 0 Å². The van der Waals surface area contributed by atoms with Gasteiger partial charge in [-0.1, -0.05) is 51.0 Å². The molecule has 29 heavy (non-hydrogen) atoms. The number of rotatable bonds is 15. The van der Waals surface area contributed by atoms with Crippen LogP contribution in [-0.2, 0) is 11.4 Å². The molecule has 0 amide bonds. The van der Waals surface area contributed by atoms with Crippen LogP contribution in [0.3, 0.4) is 0 Å². The van der Waals surface area contributed by atoms with Gasteiger partial charge in [-0.15, -0.1) is 0 Å². The van der Waals surface area contributed by atoms with Crippen LogP contribution < -0.4 is 11.1 Å². The number of nitrogens with two attached hydrogens (primary N) is 1. The van der Waals surface area contributed by atoms with Crippen LogP contribution in [0.4, 0.5) is 0 Å². The molecule has 0 aliphatic carbocycles. The monoisotopic (exact) mass is 412 g/mol. The van der Waals surface area contributed by atoms with E-state index in [4.69, 9.17) is 20.7 Å². The molecule has 1 aromatic rings. The first-order valence-corrected chi connectivity index (χ1v) is 10.6. The molecule has 7 heteroatoms. The van der Waals surface area contributed by atoms with Gasteiger partial charge in [-0.05, 0) is 43.6 Å². The number of nitrogens with one attached hydrogen (secondary N) is 1. The second kappa shape index (κ2) is 18.4. The summed E-state index contributed by atoms with van der Waals surface area (Å²) >= 11 is 0. The van der Waals surface area contributed by atoms with Crippen LogP contribution in [0.25, 0.3) is 0 Å². The van der Waals surface area contributed by atoms with Crippen LogP contribution in [0.15, 0.2) is 18.2 Å². The highest BCUT2D eigenvalue weighted by Crippen LogP contribution is 2.22. The van der Waals surface area contributed by atoms with Gasteiger partial charge in [0.25, 0.3) is 5.97 Å². The molecule has 0 bridgehead atoms. The quantitative estimate of drug-likeness (QED) is 0.244. The van der Waals surface area contributed by atoms with Crippen molar-refractivity contribution in [1.29, 1.82) is 0 Å². The summed E-state index contributed by atoms with van der Waals surface area (Å²) in [5, 5.41) is 39.5. The van der Waals surface area contributed by atoms with Crippen molar-refractivity contribution >= 4 is 5.97 Å². The number of carbonyl (C=O) groups is 1. The van der Waals surface area contributed by atoms with E-state index in [1.54, 1.807) is 12.1 Å². The number of aliphatic hydroxyl groups excluding tert-OH is 2. The van der Waals surface area contributed by atoms with E-state index >= 15 is 0 Å². The Morgan fingerprint density at radius 2 is 1.55 bits per heavy atom. The lowest BCUT2D eigenvalue weighted by molar-refractivity contribution is -0.134. The van der Waals surface area contributed by atoms with Gasteiger partial charge in [0.2, 0.25) is 0 Å². The summed E-state index contributed by atoms with van der Waals surface area (Å²) in [4.78, 5) is 9.00. The lowest BCUT2D eigenvalue weighted by atomic mass is 10.1. The van der Waals surface area contributed by atoms with Crippen molar-refractivity contribution in [3.05, 3.63) is 29.3 Å². The number of hydrogen-bond acceptors (Lipinski definition) is 6. The fourth-order valence-corrected chi connectivity index (χ4v) is 2.93. The zero-order valence-electron chi connectivity index (χ0n) is 17.8. The maximum atomic E-state index is 10.2. The fraction of sp³-hybridized carbons (Fsp3) is 0.682. The Morgan fingerprint density at radius 1 is 1.03 bits per heavy atom. The van der Waals surface area contributed by atoms with E-state index in [0.717, 1.165) is 32.9 Å². The number of aliphatic hydroxyl groups is 2. The first-order chi connectivity index (χ1) is 13.9. The number of aromatic hydroxyl groups is 1. The number of unbranched alkanes of at least 4 members (excludes halogenated alkanes) is 8. The van der Waals surface area contributed by atoms with Crippen LogP contribution in [-0.4, -0.2) is 46.0 Å². The number of hydrogen-bond donors (Lipinski definition) is 6. The highest BCUT2D eigenvalue weighted by molar-refractivity contribution is 5.62. The summed E-state index contributed by atoms with van der Waals surface area (Å²) in [6.45, 7) is 3.05. The number of phenols is 1. The molecular weight excluding hydrogens is 372 g/mol. The van der Waals surface area contributed by atoms with Crippen molar-refractivity contribution in [3.8, 4) is 5.75 Å². The molecule has 0 fully saturated rings. The molecule has 0 spiro atoms. The normalized spacial score (nSPS) is 11.6. The Balaban J connectivity index is 0.00000178. The first kappa shape index (κ1) is 27.3. The fourth-order valence-electron chi connectivity index (χ4n) is 2.93. The molecule has 1 rings (SSSR count). The number of carboxylic acid groups (broad SMARTS) is 1. The van der Waals surface area contributed by atoms with E-state index in [2.05, 4.69) is 5.32 Å². The zero-order chi connectivity index (χ0) is 21.9. The van der Waals surface area contributed by atoms with Crippen molar-refractivity contribution < 1.29 is 25.2 Å². The summed E-state index contributed by atoms with van der Waals surface area (Å²) in [5.74, 6) is -0.772. The summed E-state index contributed by atoms with van der Waals surface area (Å²) in [7, 11) is 0. The minimum atomic E-state index is -0.833. The van der Waals surface area contributed by atoms with E-state index in [1.165, 1.54) is 51.0 Å². The number of carboxylic acids is 1. The predicted molar refractivity (Wildman–Crippen MR) is 116 cm³/mol. The van der Waals surface area contributed by atoms with E-state index in [-0.39, 0.29) is 12.4 Å². The standard InChI is InChI=1S/C20H36N2O3.C2H4O2/c21-12-8-6-4-2-1-3-5-7-9-13-22-15-20(25)17-10-11-19(24)18(14-17)16-23;1-2(3)4/h10-11,14,20,22-25H,1-9,12-13,15-16,21H2;1H3,(H,3,4). The molecule has 1 unspecified atom stereocenters. The Labute approximate surface area is 175 Å². The van der Waals surface area contributed by atoms with Gasteiger partial charge in [0, 0.05) is 19.0 Å². The molecule has 0 heterocycles. The molecule has 0 saturated heterocycles. The maximum Gasteiger partial charge on any atom is 0.300 e. The Bertz CT molecular complexity index is 536. The molecule has 0 aromatic heterocycles. The summed E-state index contributed by atoms with van der Waals surface area (Å²) in [5.41, 5.74) is 6.63. The van der Waals surface area contributed by atoms with Gasteiger partial charge in [-0.25, -0.2) is 0 Å². The van der Waals surface area contributed by atoms with Crippen molar-refractivity contribution in [2.45, 2.75) is 77.4 Å². The van der Waals surface area contributed by atoms with E-state index < -0.39 is 12.1 Å². The molecule has 0 aliphatic heterocycles. The third-order valence-electron chi connectivity index (χ3n) is 4.55.